The van der Waals surface area contributed by atoms with Gasteiger partial charge in [-0.15, -0.1) is 0 Å². The molecular weight excluding hydrogens is 242 g/mol. The van der Waals surface area contributed by atoms with E-state index in [4.69, 9.17) is 5.73 Å². The van der Waals surface area contributed by atoms with E-state index < -0.39 is 0 Å². The molecule has 3 fully saturated rings. The van der Waals surface area contributed by atoms with Crippen LogP contribution in [0.4, 0.5) is 0 Å². The van der Waals surface area contributed by atoms with Crippen molar-refractivity contribution in [2.75, 3.05) is 37.7 Å². The van der Waals surface area contributed by atoms with Crippen LogP contribution in [0.3, 0.4) is 0 Å². The molecule has 3 aliphatic rings. The molecular formula is C14H27N3S. The van der Waals surface area contributed by atoms with Gasteiger partial charge in [-0.25, -0.2) is 0 Å². The fourth-order valence-corrected chi connectivity index (χ4v) is 5.45. The zero-order valence-electron chi connectivity index (χ0n) is 11.6. The maximum absolute atomic E-state index is 6.12. The average Bonchev–Trinajstić information content (AvgIpc) is 3.01. The zero-order valence-corrected chi connectivity index (χ0v) is 12.4. The molecule has 0 aliphatic carbocycles. The summed E-state index contributed by atoms with van der Waals surface area (Å²) in [6.45, 7) is 7.11. The Labute approximate surface area is 115 Å². The van der Waals surface area contributed by atoms with E-state index in [2.05, 4.69) is 28.5 Å². The largest absolute Gasteiger partial charge is 0.329 e. The summed E-state index contributed by atoms with van der Waals surface area (Å²) < 4.78 is 0. The van der Waals surface area contributed by atoms with Crippen molar-refractivity contribution in [1.29, 1.82) is 0 Å². The summed E-state index contributed by atoms with van der Waals surface area (Å²) in [6, 6.07) is 2.15. The first kappa shape index (κ1) is 13.2. The molecule has 104 valence electrons. The Bertz CT molecular complexity index is 280. The van der Waals surface area contributed by atoms with Gasteiger partial charge in [0, 0.05) is 37.8 Å². The smallest absolute Gasteiger partial charge is 0.0258 e. The Morgan fingerprint density at radius 3 is 2.94 bits per heavy atom. The molecule has 18 heavy (non-hydrogen) atoms. The van der Waals surface area contributed by atoms with Crippen LogP contribution >= 0.6 is 11.8 Å². The second-order valence-corrected chi connectivity index (χ2v) is 7.41. The molecule has 3 heterocycles. The minimum atomic E-state index is 0.637. The highest BCUT2D eigenvalue weighted by molar-refractivity contribution is 7.99. The van der Waals surface area contributed by atoms with Crippen molar-refractivity contribution in [3.63, 3.8) is 0 Å². The standard InChI is InChI=1S/C14H27N3S/c1-11-8-16-5-2-3-13(16)9-17(11)14(7-15)12-4-6-18-10-12/h11-14H,2-10,15H2,1H3. The molecule has 0 aromatic heterocycles. The zero-order chi connectivity index (χ0) is 12.5. The maximum Gasteiger partial charge on any atom is 0.0258 e. The van der Waals surface area contributed by atoms with Crippen LogP contribution in [-0.4, -0.2) is 65.6 Å². The summed E-state index contributed by atoms with van der Waals surface area (Å²) in [5.74, 6) is 3.52. The van der Waals surface area contributed by atoms with Crippen molar-refractivity contribution < 1.29 is 0 Å². The quantitative estimate of drug-likeness (QED) is 0.835. The van der Waals surface area contributed by atoms with Gasteiger partial charge in [-0.1, -0.05) is 0 Å². The van der Waals surface area contributed by atoms with Gasteiger partial charge in [0.05, 0.1) is 0 Å². The molecule has 0 radical (unpaired) electrons. The monoisotopic (exact) mass is 269 g/mol. The van der Waals surface area contributed by atoms with Crippen LogP contribution in [0, 0.1) is 5.92 Å². The van der Waals surface area contributed by atoms with Gasteiger partial charge in [-0.3, -0.25) is 9.80 Å². The fourth-order valence-electron chi connectivity index (χ4n) is 4.13. The molecule has 4 heteroatoms. The van der Waals surface area contributed by atoms with E-state index in [9.17, 15) is 0 Å². The molecule has 4 atom stereocenters. The summed E-state index contributed by atoms with van der Waals surface area (Å²) in [5, 5.41) is 0. The molecule has 0 bridgehead atoms. The van der Waals surface area contributed by atoms with E-state index in [-0.39, 0.29) is 0 Å². The number of thioether (sulfide) groups is 1. The minimum Gasteiger partial charge on any atom is -0.329 e. The molecule has 3 aliphatic heterocycles. The van der Waals surface area contributed by atoms with Crippen molar-refractivity contribution in [2.24, 2.45) is 11.7 Å². The third kappa shape index (κ3) is 2.45. The van der Waals surface area contributed by atoms with Crippen LogP contribution in [0.5, 0.6) is 0 Å². The summed E-state index contributed by atoms with van der Waals surface area (Å²) in [5.41, 5.74) is 6.12. The number of nitrogens with two attached hydrogens (primary N) is 1. The lowest BCUT2D eigenvalue weighted by Gasteiger charge is -2.47. The topological polar surface area (TPSA) is 32.5 Å². The summed E-state index contributed by atoms with van der Waals surface area (Å²) >= 11 is 2.12. The Balaban J connectivity index is 1.68. The normalized spacial score (nSPS) is 40.0. The fraction of sp³-hybridized carbons (Fsp3) is 1.00. The highest BCUT2D eigenvalue weighted by atomic mass is 32.2. The lowest BCUT2D eigenvalue weighted by Crippen LogP contribution is -2.61. The van der Waals surface area contributed by atoms with Gasteiger partial charge in [0.25, 0.3) is 0 Å². The molecule has 0 saturated carbocycles. The van der Waals surface area contributed by atoms with E-state index in [0.29, 0.717) is 12.1 Å². The molecule has 3 rings (SSSR count). The second-order valence-electron chi connectivity index (χ2n) is 6.26. The van der Waals surface area contributed by atoms with E-state index >= 15 is 0 Å². The summed E-state index contributed by atoms with van der Waals surface area (Å²) in [4.78, 5) is 5.46. The maximum atomic E-state index is 6.12. The molecule has 3 nitrogen and oxygen atoms in total. The molecule has 0 spiro atoms. The van der Waals surface area contributed by atoms with Gasteiger partial charge in [0.2, 0.25) is 0 Å². The van der Waals surface area contributed by atoms with Crippen molar-refractivity contribution in [1.82, 2.24) is 9.80 Å². The predicted octanol–water partition coefficient (Wildman–Crippen LogP) is 1.24. The van der Waals surface area contributed by atoms with Crippen molar-refractivity contribution in [3.05, 3.63) is 0 Å². The molecule has 0 aromatic rings. The number of nitrogens with zero attached hydrogens (tertiary/aromatic N) is 2. The lowest BCUT2D eigenvalue weighted by atomic mass is 9.94. The van der Waals surface area contributed by atoms with Gasteiger partial charge in [-0.05, 0) is 50.2 Å². The van der Waals surface area contributed by atoms with Crippen LogP contribution in [0.2, 0.25) is 0 Å². The molecule has 0 amide bonds. The van der Waals surface area contributed by atoms with Gasteiger partial charge < -0.3 is 5.73 Å². The van der Waals surface area contributed by atoms with Gasteiger partial charge >= 0.3 is 0 Å². The number of rotatable bonds is 3. The highest BCUT2D eigenvalue weighted by Crippen LogP contribution is 2.32. The van der Waals surface area contributed by atoms with E-state index in [1.54, 1.807) is 0 Å². The van der Waals surface area contributed by atoms with Crippen LogP contribution in [-0.2, 0) is 0 Å². The van der Waals surface area contributed by atoms with Crippen LogP contribution in [0.25, 0.3) is 0 Å². The van der Waals surface area contributed by atoms with Crippen LogP contribution in [0.15, 0.2) is 0 Å². The van der Waals surface area contributed by atoms with Gasteiger partial charge in [-0.2, -0.15) is 11.8 Å². The van der Waals surface area contributed by atoms with Crippen LogP contribution < -0.4 is 5.73 Å². The van der Waals surface area contributed by atoms with Crippen molar-refractivity contribution >= 4 is 11.8 Å². The molecule has 2 N–H and O–H groups in total. The Morgan fingerprint density at radius 2 is 2.22 bits per heavy atom. The average molecular weight is 269 g/mol. The van der Waals surface area contributed by atoms with Gasteiger partial charge in [0.15, 0.2) is 0 Å². The number of piperazine rings is 1. The number of hydrogen-bond acceptors (Lipinski definition) is 4. The Hall–Kier alpha value is 0.230. The first-order chi connectivity index (χ1) is 8.79. The summed E-state index contributed by atoms with van der Waals surface area (Å²) in [6.07, 6.45) is 4.18. The SMILES string of the molecule is CC1CN2CCCC2CN1C(CN)C1CCSC1. The van der Waals surface area contributed by atoms with Gasteiger partial charge in [0.1, 0.15) is 0 Å². The number of hydrogen-bond donors (Lipinski definition) is 1. The third-order valence-corrected chi connectivity index (χ3v) is 6.35. The molecule has 3 saturated heterocycles. The third-order valence-electron chi connectivity index (χ3n) is 5.16. The minimum absolute atomic E-state index is 0.637. The second kappa shape index (κ2) is 5.70. The van der Waals surface area contributed by atoms with Crippen molar-refractivity contribution in [3.8, 4) is 0 Å². The van der Waals surface area contributed by atoms with Crippen LogP contribution in [0.1, 0.15) is 26.2 Å². The Kier molecular flexibility index (Phi) is 4.18. The highest BCUT2D eigenvalue weighted by Gasteiger charge is 2.39. The number of fused-ring (bicyclic) bond motifs is 1. The molecule has 4 unspecified atom stereocenters. The van der Waals surface area contributed by atoms with Crippen molar-refractivity contribution in [2.45, 2.75) is 44.3 Å². The van der Waals surface area contributed by atoms with E-state index in [1.807, 2.05) is 0 Å². The van der Waals surface area contributed by atoms with E-state index in [0.717, 1.165) is 18.5 Å². The van der Waals surface area contributed by atoms with E-state index in [1.165, 1.54) is 50.4 Å². The summed E-state index contributed by atoms with van der Waals surface area (Å²) in [7, 11) is 0. The lowest BCUT2D eigenvalue weighted by molar-refractivity contribution is 0.0147. The first-order valence-corrected chi connectivity index (χ1v) is 8.72. The Morgan fingerprint density at radius 1 is 1.33 bits per heavy atom. The molecule has 0 aromatic carbocycles. The predicted molar refractivity (Wildman–Crippen MR) is 79.0 cm³/mol. The first-order valence-electron chi connectivity index (χ1n) is 7.57.